The first-order chi connectivity index (χ1) is 10.1. The Labute approximate surface area is 124 Å². The van der Waals surface area contributed by atoms with Gasteiger partial charge in [0.1, 0.15) is 11.8 Å². The number of carbonyl (C=O) groups is 1. The van der Waals surface area contributed by atoms with E-state index in [1.165, 1.54) is 4.90 Å². The van der Waals surface area contributed by atoms with Crippen molar-refractivity contribution < 1.29 is 14.3 Å². The molecule has 5 nitrogen and oxygen atoms in total. The summed E-state index contributed by atoms with van der Waals surface area (Å²) in [6.07, 6.45) is 2.99. The largest absolute Gasteiger partial charge is 0.497 e. The number of hydrogen-bond donors (Lipinski definition) is 0. The highest BCUT2D eigenvalue weighted by atomic mass is 16.6. The third-order valence-corrected chi connectivity index (χ3v) is 3.10. The lowest BCUT2D eigenvalue weighted by atomic mass is 10.0. The molecule has 1 aromatic rings. The van der Waals surface area contributed by atoms with Gasteiger partial charge in [-0.25, -0.2) is 4.79 Å². The molecule has 1 aliphatic heterocycles. The van der Waals surface area contributed by atoms with Crippen LogP contribution in [-0.2, 0) is 4.74 Å². The monoisotopic (exact) mass is 286 g/mol. The van der Waals surface area contributed by atoms with Gasteiger partial charge in [0.25, 0.3) is 0 Å². The number of ether oxygens (including phenoxy) is 2. The van der Waals surface area contributed by atoms with Crippen molar-refractivity contribution in [3.63, 3.8) is 0 Å². The zero-order valence-electron chi connectivity index (χ0n) is 12.4. The molecule has 0 saturated carbocycles. The van der Waals surface area contributed by atoms with E-state index in [0.29, 0.717) is 18.0 Å². The Bertz CT molecular complexity index is 602. The summed E-state index contributed by atoms with van der Waals surface area (Å²) in [6.45, 7) is 4.25. The Morgan fingerprint density at radius 2 is 2.24 bits per heavy atom. The van der Waals surface area contributed by atoms with Crippen molar-refractivity contribution in [1.82, 2.24) is 0 Å². The molecular weight excluding hydrogens is 268 g/mol. The van der Waals surface area contributed by atoms with Gasteiger partial charge in [-0.3, -0.25) is 4.90 Å². The molecule has 5 heteroatoms. The molecule has 1 atom stereocenters. The molecule has 2 rings (SSSR count). The molecule has 0 radical (unpaired) electrons. The molecule has 1 aliphatic rings. The minimum atomic E-state index is -0.662. The van der Waals surface area contributed by atoms with Gasteiger partial charge in [0, 0.05) is 5.56 Å². The average molecular weight is 286 g/mol. The maximum Gasteiger partial charge on any atom is 0.415 e. The number of benzene rings is 1. The molecule has 0 aliphatic carbocycles. The molecule has 0 spiro atoms. The van der Waals surface area contributed by atoms with Gasteiger partial charge in [-0.15, -0.1) is 0 Å². The highest BCUT2D eigenvalue weighted by Crippen LogP contribution is 2.32. The SMILES string of the molecule is COc1ccc2c(c1)C=CC(C#N)N2C(=O)OCC(C)C. The van der Waals surface area contributed by atoms with Crippen molar-refractivity contribution in [2.24, 2.45) is 5.92 Å². The topological polar surface area (TPSA) is 62.6 Å². The second kappa shape index (κ2) is 6.31. The lowest BCUT2D eigenvalue weighted by Crippen LogP contribution is -2.41. The fourth-order valence-corrected chi connectivity index (χ4v) is 2.06. The van der Waals surface area contributed by atoms with Crippen LogP contribution in [0.5, 0.6) is 5.75 Å². The molecule has 0 fully saturated rings. The van der Waals surface area contributed by atoms with Gasteiger partial charge in [-0.1, -0.05) is 19.9 Å². The number of rotatable bonds is 3. The van der Waals surface area contributed by atoms with Crippen LogP contribution >= 0.6 is 0 Å². The van der Waals surface area contributed by atoms with Crippen LogP contribution in [-0.4, -0.2) is 25.9 Å². The van der Waals surface area contributed by atoms with Crippen molar-refractivity contribution in [2.75, 3.05) is 18.6 Å². The van der Waals surface area contributed by atoms with Crippen LogP contribution in [0, 0.1) is 17.2 Å². The summed E-state index contributed by atoms with van der Waals surface area (Å²) in [5.74, 6) is 0.939. The number of nitriles is 1. The van der Waals surface area contributed by atoms with E-state index in [4.69, 9.17) is 9.47 Å². The van der Waals surface area contributed by atoms with Crippen molar-refractivity contribution in [3.8, 4) is 11.8 Å². The number of hydrogen-bond acceptors (Lipinski definition) is 4. The van der Waals surface area contributed by atoms with Crippen molar-refractivity contribution in [2.45, 2.75) is 19.9 Å². The van der Waals surface area contributed by atoms with Gasteiger partial charge >= 0.3 is 6.09 Å². The third-order valence-electron chi connectivity index (χ3n) is 3.10. The summed E-state index contributed by atoms with van der Waals surface area (Å²) in [4.78, 5) is 13.6. The smallest absolute Gasteiger partial charge is 0.415 e. The standard InChI is InChI=1S/C16H18N2O3/c1-11(2)10-21-16(19)18-13(9-17)5-4-12-8-14(20-3)6-7-15(12)18/h4-8,11,13H,10H2,1-3H3. The quantitative estimate of drug-likeness (QED) is 0.856. The summed E-state index contributed by atoms with van der Waals surface area (Å²) in [5, 5.41) is 9.24. The number of carbonyl (C=O) groups excluding carboxylic acids is 1. The van der Waals surface area contributed by atoms with Gasteiger partial charge < -0.3 is 9.47 Å². The second-order valence-electron chi connectivity index (χ2n) is 5.20. The summed E-state index contributed by atoms with van der Waals surface area (Å²) in [6, 6.07) is 6.78. The summed E-state index contributed by atoms with van der Waals surface area (Å²) in [5.41, 5.74) is 1.47. The van der Waals surface area contributed by atoms with Crippen LogP contribution < -0.4 is 9.64 Å². The Balaban J connectivity index is 2.32. The number of methoxy groups -OCH3 is 1. The fourth-order valence-electron chi connectivity index (χ4n) is 2.06. The molecule has 110 valence electrons. The molecule has 1 unspecified atom stereocenters. The van der Waals surface area contributed by atoms with Crippen LogP contribution in [0.4, 0.5) is 10.5 Å². The lowest BCUT2D eigenvalue weighted by molar-refractivity contribution is 0.139. The number of fused-ring (bicyclic) bond motifs is 1. The van der Waals surface area contributed by atoms with E-state index in [9.17, 15) is 10.1 Å². The van der Waals surface area contributed by atoms with Crippen LogP contribution in [0.1, 0.15) is 19.4 Å². The van der Waals surface area contributed by atoms with E-state index in [0.717, 1.165) is 5.56 Å². The van der Waals surface area contributed by atoms with Gasteiger partial charge in [0.05, 0.1) is 25.5 Å². The van der Waals surface area contributed by atoms with Crippen molar-refractivity contribution in [3.05, 3.63) is 29.8 Å². The summed E-state index contributed by atoms with van der Waals surface area (Å²) >= 11 is 0. The molecule has 0 N–H and O–H groups in total. The molecule has 1 amide bonds. The fraction of sp³-hybridized carbons (Fsp3) is 0.375. The number of anilines is 1. The van der Waals surface area contributed by atoms with Crippen molar-refractivity contribution in [1.29, 1.82) is 5.26 Å². The summed E-state index contributed by atoms with van der Waals surface area (Å²) < 4.78 is 10.4. The maximum absolute atomic E-state index is 12.3. The Kier molecular flexibility index (Phi) is 4.49. The lowest BCUT2D eigenvalue weighted by Gasteiger charge is -2.29. The third kappa shape index (κ3) is 3.16. The maximum atomic E-state index is 12.3. The zero-order valence-corrected chi connectivity index (χ0v) is 12.4. The molecule has 21 heavy (non-hydrogen) atoms. The average Bonchev–Trinajstić information content (AvgIpc) is 2.50. The molecule has 0 bridgehead atoms. The highest BCUT2D eigenvalue weighted by Gasteiger charge is 2.29. The van der Waals surface area contributed by atoms with E-state index in [1.807, 2.05) is 26.0 Å². The van der Waals surface area contributed by atoms with Crippen LogP contribution in [0.25, 0.3) is 6.08 Å². The number of nitrogens with zero attached hydrogens (tertiary/aromatic N) is 2. The minimum absolute atomic E-state index is 0.241. The van der Waals surface area contributed by atoms with Crippen molar-refractivity contribution >= 4 is 17.9 Å². The van der Waals surface area contributed by atoms with E-state index >= 15 is 0 Å². The highest BCUT2D eigenvalue weighted by molar-refractivity contribution is 5.94. The van der Waals surface area contributed by atoms with Gasteiger partial charge in [-0.05, 0) is 30.2 Å². The van der Waals surface area contributed by atoms with Crippen LogP contribution in [0.3, 0.4) is 0 Å². The first-order valence-corrected chi connectivity index (χ1v) is 6.78. The molecule has 0 saturated heterocycles. The predicted octanol–water partition coefficient (Wildman–Crippen LogP) is 3.21. The van der Waals surface area contributed by atoms with E-state index in [2.05, 4.69) is 6.07 Å². The van der Waals surface area contributed by atoms with E-state index in [1.54, 1.807) is 25.3 Å². The van der Waals surface area contributed by atoms with Crippen LogP contribution in [0.2, 0.25) is 0 Å². The summed E-state index contributed by atoms with van der Waals surface area (Å²) in [7, 11) is 1.58. The Morgan fingerprint density at radius 1 is 1.48 bits per heavy atom. The van der Waals surface area contributed by atoms with E-state index < -0.39 is 12.1 Å². The Morgan fingerprint density at radius 3 is 2.86 bits per heavy atom. The Hall–Kier alpha value is -2.48. The number of amides is 1. The first kappa shape index (κ1) is 14.9. The van der Waals surface area contributed by atoms with E-state index in [-0.39, 0.29) is 5.92 Å². The molecule has 1 aromatic carbocycles. The van der Waals surface area contributed by atoms with Crippen LogP contribution in [0.15, 0.2) is 24.3 Å². The predicted molar refractivity (Wildman–Crippen MR) is 80.1 cm³/mol. The first-order valence-electron chi connectivity index (χ1n) is 6.78. The molecular formula is C16H18N2O3. The molecule has 1 heterocycles. The van der Waals surface area contributed by atoms with Gasteiger partial charge in [0.2, 0.25) is 0 Å². The minimum Gasteiger partial charge on any atom is -0.497 e. The molecule has 0 aromatic heterocycles. The zero-order chi connectivity index (χ0) is 15.4. The van der Waals surface area contributed by atoms with Gasteiger partial charge in [-0.2, -0.15) is 5.26 Å². The van der Waals surface area contributed by atoms with Gasteiger partial charge in [0.15, 0.2) is 0 Å². The normalized spacial score (nSPS) is 16.3. The second-order valence-corrected chi connectivity index (χ2v) is 5.20.